The highest BCUT2D eigenvalue weighted by molar-refractivity contribution is 6.35. The first-order valence-electron chi connectivity index (χ1n) is 4.87. The lowest BCUT2D eigenvalue weighted by atomic mass is 10.3. The summed E-state index contributed by atoms with van der Waals surface area (Å²) in [6.45, 7) is 1.66. The van der Waals surface area contributed by atoms with E-state index in [1.54, 1.807) is 12.1 Å². The Labute approximate surface area is 108 Å². The van der Waals surface area contributed by atoms with Crippen LogP contribution in [0.4, 0.5) is 0 Å². The van der Waals surface area contributed by atoms with Crippen LogP contribution in [0, 0.1) is 6.92 Å². The van der Waals surface area contributed by atoms with Gasteiger partial charge in [-0.2, -0.15) is 0 Å². The Bertz CT molecular complexity index is 560. The predicted molar refractivity (Wildman–Crippen MR) is 65.9 cm³/mol. The molecule has 2 aromatic heterocycles. The quantitative estimate of drug-likeness (QED) is 0.911. The molecular formula is C11H9Cl2N3O. The molecule has 1 N–H and O–H groups in total. The first-order chi connectivity index (χ1) is 8.10. The first-order valence-corrected chi connectivity index (χ1v) is 5.62. The Balaban J connectivity index is 2.55. The summed E-state index contributed by atoms with van der Waals surface area (Å²) in [7, 11) is 0. The first kappa shape index (κ1) is 12.2. The molecule has 0 aromatic carbocycles. The van der Waals surface area contributed by atoms with Gasteiger partial charge in [-0.1, -0.05) is 23.2 Å². The van der Waals surface area contributed by atoms with Gasteiger partial charge in [0.1, 0.15) is 5.69 Å². The van der Waals surface area contributed by atoms with Gasteiger partial charge in [-0.25, -0.2) is 15.0 Å². The fourth-order valence-electron chi connectivity index (χ4n) is 1.40. The zero-order valence-corrected chi connectivity index (χ0v) is 10.5. The normalized spacial score (nSPS) is 10.6. The Morgan fingerprint density at radius 2 is 2.00 bits per heavy atom. The molecule has 0 aliphatic rings. The van der Waals surface area contributed by atoms with Crippen molar-refractivity contribution in [1.29, 1.82) is 0 Å². The number of halogens is 2. The van der Waals surface area contributed by atoms with E-state index in [9.17, 15) is 0 Å². The third-order valence-corrected chi connectivity index (χ3v) is 2.58. The van der Waals surface area contributed by atoms with Gasteiger partial charge in [0.15, 0.2) is 5.82 Å². The van der Waals surface area contributed by atoms with Crippen LogP contribution >= 0.6 is 23.2 Å². The molecule has 0 saturated heterocycles. The van der Waals surface area contributed by atoms with E-state index < -0.39 is 0 Å². The number of hydrogen-bond acceptors (Lipinski definition) is 4. The summed E-state index contributed by atoms with van der Waals surface area (Å²) in [6.07, 6.45) is 1.48. The Morgan fingerprint density at radius 1 is 1.24 bits per heavy atom. The minimum atomic E-state index is -0.151. The summed E-state index contributed by atoms with van der Waals surface area (Å²) in [5, 5.41) is 9.92. The molecule has 2 aromatic rings. The molecule has 6 heteroatoms. The SMILES string of the molecule is Cc1cc(CO)nc(-c2ncc(Cl)cc2Cl)n1. The molecule has 0 fully saturated rings. The van der Waals surface area contributed by atoms with Crippen molar-refractivity contribution < 1.29 is 5.11 Å². The third-order valence-electron chi connectivity index (χ3n) is 2.09. The number of aliphatic hydroxyl groups is 1. The number of aryl methyl sites for hydroxylation is 1. The van der Waals surface area contributed by atoms with Gasteiger partial charge in [0, 0.05) is 11.9 Å². The lowest BCUT2D eigenvalue weighted by molar-refractivity contribution is 0.276. The van der Waals surface area contributed by atoms with Crippen molar-refractivity contribution in [1.82, 2.24) is 15.0 Å². The molecule has 2 rings (SSSR count). The van der Waals surface area contributed by atoms with Crippen LogP contribution in [0.2, 0.25) is 10.0 Å². The molecule has 4 nitrogen and oxygen atoms in total. The van der Waals surface area contributed by atoms with E-state index in [1.807, 2.05) is 6.92 Å². The van der Waals surface area contributed by atoms with E-state index in [0.29, 0.717) is 27.3 Å². The van der Waals surface area contributed by atoms with Gasteiger partial charge in [-0.05, 0) is 19.1 Å². The van der Waals surface area contributed by atoms with Gasteiger partial charge in [0.05, 0.1) is 22.3 Å². The topological polar surface area (TPSA) is 58.9 Å². The summed E-state index contributed by atoms with van der Waals surface area (Å²) >= 11 is 11.8. The van der Waals surface area contributed by atoms with Crippen LogP contribution in [0.5, 0.6) is 0 Å². The van der Waals surface area contributed by atoms with Gasteiger partial charge in [-0.3, -0.25) is 0 Å². The highest BCUT2D eigenvalue weighted by atomic mass is 35.5. The average molecular weight is 270 g/mol. The molecule has 17 heavy (non-hydrogen) atoms. The fourth-order valence-corrected chi connectivity index (χ4v) is 1.86. The molecule has 0 aliphatic heterocycles. The van der Waals surface area contributed by atoms with Crippen molar-refractivity contribution in [3.05, 3.63) is 39.8 Å². The molecule has 2 heterocycles. The van der Waals surface area contributed by atoms with E-state index in [2.05, 4.69) is 15.0 Å². The van der Waals surface area contributed by atoms with Crippen LogP contribution in [-0.4, -0.2) is 20.1 Å². The van der Waals surface area contributed by atoms with Crippen molar-refractivity contribution in [3.63, 3.8) is 0 Å². The average Bonchev–Trinajstić information content (AvgIpc) is 2.28. The number of hydrogen-bond donors (Lipinski definition) is 1. The molecule has 0 unspecified atom stereocenters. The van der Waals surface area contributed by atoms with Crippen molar-refractivity contribution in [2.24, 2.45) is 0 Å². The van der Waals surface area contributed by atoms with Crippen LogP contribution in [-0.2, 0) is 6.61 Å². The molecule has 0 aliphatic carbocycles. The highest BCUT2D eigenvalue weighted by Crippen LogP contribution is 2.25. The summed E-state index contributed by atoms with van der Waals surface area (Å²) in [4.78, 5) is 12.5. The second-order valence-corrected chi connectivity index (χ2v) is 4.31. The lowest BCUT2D eigenvalue weighted by Crippen LogP contribution is -1.99. The minimum Gasteiger partial charge on any atom is -0.390 e. The van der Waals surface area contributed by atoms with Gasteiger partial charge in [0.2, 0.25) is 0 Å². The van der Waals surface area contributed by atoms with Crippen LogP contribution in [0.1, 0.15) is 11.4 Å². The van der Waals surface area contributed by atoms with Crippen LogP contribution in [0.3, 0.4) is 0 Å². The summed E-state index contributed by atoms with van der Waals surface area (Å²) < 4.78 is 0. The van der Waals surface area contributed by atoms with E-state index in [0.717, 1.165) is 5.69 Å². The molecule has 0 radical (unpaired) electrons. The van der Waals surface area contributed by atoms with Crippen molar-refractivity contribution in [2.75, 3.05) is 0 Å². The van der Waals surface area contributed by atoms with E-state index in [-0.39, 0.29) is 6.61 Å². The van der Waals surface area contributed by atoms with Crippen LogP contribution < -0.4 is 0 Å². The predicted octanol–water partition coefficient (Wildman–Crippen LogP) is 2.65. The Kier molecular flexibility index (Phi) is 3.57. The Morgan fingerprint density at radius 3 is 2.65 bits per heavy atom. The van der Waals surface area contributed by atoms with Gasteiger partial charge >= 0.3 is 0 Å². The van der Waals surface area contributed by atoms with Crippen molar-refractivity contribution in [2.45, 2.75) is 13.5 Å². The standard InChI is InChI=1S/C11H9Cl2N3O/c1-6-2-8(5-17)16-11(15-6)10-9(13)3-7(12)4-14-10/h2-4,17H,5H2,1H3. The zero-order chi connectivity index (χ0) is 12.4. The van der Waals surface area contributed by atoms with Crippen molar-refractivity contribution >= 4 is 23.2 Å². The molecule has 0 saturated carbocycles. The summed E-state index contributed by atoms with van der Waals surface area (Å²) in [5.74, 6) is 0.385. The zero-order valence-electron chi connectivity index (χ0n) is 8.98. The lowest BCUT2D eigenvalue weighted by Gasteiger charge is -2.05. The molecule has 88 valence electrons. The highest BCUT2D eigenvalue weighted by Gasteiger charge is 2.10. The smallest absolute Gasteiger partial charge is 0.180 e. The number of aliphatic hydroxyl groups excluding tert-OH is 1. The molecule has 0 atom stereocenters. The van der Waals surface area contributed by atoms with Gasteiger partial charge in [0.25, 0.3) is 0 Å². The molecular weight excluding hydrogens is 261 g/mol. The largest absolute Gasteiger partial charge is 0.390 e. The maximum Gasteiger partial charge on any atom is 0.180 e. The second-order valence-electron chi connectivity index (χ2n) is 3.47. The second kappa shape index (κ2) is 4.96. The monoisotopic (exact) mass is 269 g/mol. The Hall–Kier alpha value is -1.23. The maximum atomic E-state index is 9.08. The van der Waals surface area contributed by atoms with Crippen LogP contribution in [0.25, 0.3) is 11.5 Å². The van der Waals surface area contributed by atoms with Crippen LogP contribution in [0.15, 0.2) is 18.3 Å². The van der Waals surface area contributed by atoms with E-state index in [1.165, 1.54) is 6.20 Å². The van der Waals surface area contributed by atoms with Gasteiger partial charge in [-0.15, -0.1) is 0 Å². The summed E-state index contributed by atoms with van der Waals surface area (Å²) in [5.41, 5.74) is 1.72. The van der Waals surface area contributed by atoms with E-state index in [4.69, 9.17) is 28.3 Å². The minimum absolute atomic E-state index is 0.151. The molecule has 0 spiro atoms. The summed E-state index contributed by atoms with van der Waals surface area (Å²) in [6, 6.07) is 3.28. The number of aromatic nitrogens is 3. The number of nitrogens with zero attached hydrogens (tertiary/aromatic N) is 3. The molecule has 0 bridgehead atoms. The number of pyridine rings is 1. The van der Waals surface area contributed by atoms with Crippen molar-refractivity contribution in [3.8, 4) is 11.5 Å². The fraction of sp³-hybridized carbons (Fsp3) is 0.182. The third kappa shape index (κ3) is 2.72. The number of rotatable bonds is 2. The maximum absolute atomic E-state index is 9.08. The molecule has 0 amide bonds. The van der Waals surface area contributed by atoms with Gasteiger partial charge < -0.3 is 5.11 Å². The van der Waals surface area contributed by atoms with E-state index >= 15 is 0 Å².